The average molecular weight is 231 g/mol. The van der Waals surface area contributed by atoms with Crippen molar-refractivity contribution in [3.05, 3.63) is 0 Å². The summed E-state index contributed by atoms with van der Waals surface area (Å²) in [5.74, 6) is 0. The van der Waals surface area contributed by atoms with Crippen LogP contribution in [0.5, 0.6) is 0 Å². The summed E-state index contributed by atoms with van der Waals surface area (Å²) >= 11 is 5.90. The summed E-state index contributed by atoms with van der Waals surface area (Å²) in [6.45, 7) is 3.56. The van der Waals surface area contributed by atoms with Gasteiger partial charge in [-0.15, -0.1) is 11.6 Å². The zero-order chi connectivity index (χ0) is 11.0. The molecule has 0 saturated heterocycles. The normalized spacial score (nSPS) is 31.3. The molecular formula is C9H14ClF3O. The van der Waals surface area contributed by atoms with E-state index in [-0.39, 0.29) is 23.5 Å². The molecule has 1 nitrogen and oxygen atoms in total. The molecule has 1 aliphatic rings. The number of ether oxygens (including phenoxy) is 1. The Labute approximate surface area is 86.6 Å². The molecule has 14 heavy (non-hydrogen) atoms. The lowest BCUT2D eigenvalue weighted by Crippen LogP contribution is -2.52. The SMILES string of the molecule is CC1(C)C(Cl)CC1OCCC(F)(F)F. The molecule has 0 amide bonds. The van der Waals surface area contributed by atoms with Crippen LogP contribution in [0.25, 0.3) is 0 Å². The molecule has 0 bridgehead atoms. The predicted molar refractivity (Wildman–Crippen MR) is 48.5 cm³/mol. The highest BCUT2D eigenvalue weighted by Gasteiger charge is 2.48. The van der Waals surface area contributed by atoms with Crippen molar-refractivity contribution in [2.45, 2.75) is 44.3 Å². The van der Waals surface area contributed by atoms with E-state index >= 15 is 0 Å². The number of hydrogen-bond donors (Lipinski definition) is 0. The van der Waals surface area contributed by atoms with Crippen LogP contribution in [0.3, 0.4) is 0 Å². The number of alkyl halides is 4. The molecule has 1 fully saturated rings. The fourth-order valence-electron chi connectivity index (χ4n) is 1.44. The van der Waals surface area contributed by atoms with E-state index in [1.807, 2.05) is 13.8 Å². The Balaban J connectivity index is 2.22. The van der Waals surface area contributed by atoms with Gasteiger partial charge in [-0.3, -0.25) is 0 Å². The lowest BCUT2D eigenvalue weighted by molar-refractivity contribution is -0.163. The van der Waals surface area contributed by atoms with Gasteiger partial charge in [0.15, 0.2) is 0 Å². The zero-order valence-corrected chi connectivity index (χ0v) is 8.95. The van der Waals surface area contributed by atoms with Crippen LogP contribution >= 0.6 is 11.6 Å². The first-order valence-corrected chi connectivity index (χ1v) is 4.99. The van der Waals surface area contributed by atoms with E-state index in [0.29, 0.717) is 6.42 Å². The maximum absolute atomic E-state index is 11.8. The van der Waals surface area contributed by atoms with Gasteiger partial charge in [-0.25, -0.2) is 0 Å². The quantitative estimate of drug-likeness (QED) is 0.676. The first-order valence-electron chi connectivity index (χ1n) is 4.56. The molecule has 0 aromatic heterocycles. The summed E-state index contributed by atoms with van der Waals surface area (Å²) in [5.41, 5.74) is -0.201. The molecule has 1 aliphatic carbocycles. The largest absolute Gasteiger partial charge is 0.391 e. The van der Waals surface area contributed by atoms with Gasteiger partial charge < -0.3 is 4.74 Å². The minimum absolute atomic E-state index is 0.0124. The summed E-state index contributed by atoms with van der Waals surface area (Å²) in [6.07, 6.45) is -4.50. The monoisotopic (exact) mass is 230 g/mol. The summed E-state index contributed by atoms with van der Waals surface area (Å²) < 4.78 is 40.5. The Morgan fingerprint density at radius 1 is 1.43 bits per heavy atom. The van der Waals surface area contributed by atoms with Gasteiger partial charge in [-0.1, -0.05) is 13.8 Å². The standard InChI is InChI=1S/C9H14ClF3O/c1-8(2)6(10)5-7(8)14-4-3-9(11,12)13/h6-7H,3-5H2,1-2H3. The molecule has 0 aromatic rings. The first-order chi connectivity index (χ1) is 6.23. The number of rotatable bonds is 3. The Morgan fingerprint density at radius 3 is 2.36 bits per heavy atom. The van der Waals surface area contributed by atoms with Gasteiger partial charge in [0.1, 0.15) is 0 Å². The maximum atomic E-state index is 11.8. The summed E-state index contributed by atoms with van der Waals surface area (Å²) in [7, 11) is 0. The molecule has 0 spiro atoms. The van der Waals surface area contributed by atoms with Crippen molar-refractivity contribution < 1.29 is 17.9 Å². The van der Waals surface area contributed by atoms with Crippen molar-refractivity contribution in [3.63, 3.8) is 0 Å². The van der Waals surface area contributed by atoms with Crippen LogP contribution in [0.15, 0.2) is 0 Å². The van der Waals surface area contributed by atoms with Crippen LogP contribution in [0.1, 0.15) is 26.7 Å². The second-order valence-electron chi connectivity index (χ2n) is 4.25. The van der Waals surface area contributed by atoms with Crippen LogP contribution in [-0.2, 0) is 4.74 Å². The summed E-state index contributed by atoms with van der Waals surface area (Å²) in [5, 5.41) is 0.0124. The second-order valence-corrected chi connectivity index (χ2v) is 4.78. The fourth-order valence-corrected chi connectivity index (χ4v) is 1.74. The third kappa shape index (κ3) is 2.76. The van der Waals surface area contributed by atoms with Crippen molar-refractivity contribution in [2.24, 2.45) is 5.41 Å². The molecule has 2 unspecified atom stereocenters. The van der Waals surface area contributed by atoms with Crippen LogP contribution in [-0.4, -0.2) is 24.3 Å². The zero-order valence-electron chi connectivity index (χ0n) is 8.20. The smallest absolute Gasteiger partial charge is 0.377 e. The van der Waals surface area contributed by atoms with E-state index in [0.717, 1.165) is 0 Å². The molecule has 0 heterocycles. The molecule has 1 rings (SSSR count). The highest BCUT2D eigenvalue weighted by atomic mass is 35.5. The van der Waals surface area contributed by atoms with E-state index in [4.69, 9.17) is 16.3 Å². The van der Waals surface area contributed by atoms with Crippen LogP contribution in [0.4, 0.5) is 13.2 Å². The Morgan fingerprint density at radius 2 is 2.00 bits per heavy atom. The van der Waals surface area contributed by atoms with Crippen molar-refractivity contribution in [2.75, 3.05) is 6.61 Å². The Bertz CT molecular complexity index is 203. The van der Waals surface area contributed by atoms with E-state index in [1.54, 1.807) is 0 Å². The first kappa shape index (κ1) is 12.1. The molecule has 5 heteroatoms. The van der Waals surface area contributed by atoms with Crippen LogP contribution < -0.4 is 0 Å². The topological polar surface area (TPSA) is 9.23 Å². The minimum Gasteiger partial charge on any atom is -0.377 e. The van der Waals surface area contributed by atoms with Crippen LogP contribution in [0.2, 0.25) is 0 Å². The van der Waals surface area contributed by atoms with Crippen molar-refractivity contribution in [1.29, 1.82) is 0 Å². The van der Waals surface area contributed by atoms with Crippen molar-refractivity contribution in [1.82, 2.24) is 0 Å². The molecular weight excluding hydrogens is 217 g/mol. The molecule has 0 radical (unpaired) electrons. The summed E-state index contributed by atoms with van der Waals surface area (Å²) in [4.78, 5) is 0. The second kappa shape index (κ2) is 3.89. The average Bonchev–Trinajstić information content (AvgIpc) is 2.01. The Hall–Kier alpha value is 0.0400. The predicted octanol–water partition coefficient (Wildman–Crippen LogP) is 3.36. The molecule has 0 N–H and O–H groups in total. The van der Waals surface area contributed by atoms with Gasteiger partial charge in [0, 0.05) is 10.8 Å². The van der Waals surface area contributed by atoms with Crippen LogP contribution in [0, 0.1) is 5.41 Å². The highest BCUT2D eigenvalue weighted by Crippen LogP contribution is 2.46. The third-order valence-electron chi connectivity index (χ3n) is 2.76. The number of halogens is 4. The Kier molecular flexibility index (Phi) is 3.37. The van der Waals surface area contributed by atoms with Gasteiger partial charge in [-0.05, 0) is 6.42 Å². The minimum atomic E-state index is -4.13. The molecule has 0 aliphatic heterocycles. The molecule has 2 atom stereocenters. The lowest BCUT2D eigenvalue weighted by atomic mass is 9.68. The van der Waals surface area contributed by atoms with E-state index < -0.39 is 12.6 Å². The van der Waals surface area contributed by atoms with E-state index in [2.05, 4.69) is 0 Å². The van der Waals surface area contributed by atoms with Gasteiger partial charge >= 0.3 is 6.18 Å². The van der Waals surface area contributed by atoms with Gasteiger partial charge in [0.2, 0.25) is 0 Å². The van der Waals surface area contributed by atoms with Crippen molar-refractivity contribution >= 4 is 11.6 Å². The molecule has 0 aromatic carbocycles. The van der Waals surface area contributed by atoms with Gasteiger partial charge in [0.05, 0.1) is 19.1 Å². The van der Waals surface area contributed by atoms with Gasteiger partial charge in [0.25, 0.3) is 0 Å². The fraction of sp³-hybridized carbons (Fsp3) is 1.00. The van der Waals surface area contributed by atoms with Gasteiger partial charge in [-0.2, -0.15) is 13.2 Å². The summed E-state index contributed by atoms with van der Waals surface area (Å²) in [6, 6.07) is 0. The lowest BCUT2D eigenvalue weighted by Gasteiger charge is -2.48. The van der Waals surface area contributed by atoms with Crippen molar-refractivity contribution in [3.8, 4) is 0 Å². The number of hydrogen-bond acceptors (Lipinski definition) is 1. The molecule has 84 valence electrons. The van der Waals surface area contributed by atoms with E-state index in [1.165, 1.54) is 0 Å². The highest BCUT2D eigenvalue weighted by molar-refractivity contribution is 6.21. The van der Waals surface area contributed by atoms with E-state index in [9.17, 15) is 13.2 Å². The molecule has 1 saturated carbocycles. The third-order valence-corrected chi connectivity index (χ3v) is 3.50. The maximum Gasteiger partial charge on any atom is 0.391 e.